The molecule has 0 heterocycles. The normalized spacial score (nSPS) is 9.90. The molecule has 0 radical (unpaired) electrons. The van der Waals surface area contributed by atoms with Crippen LogP contribution < -0.4 is 4.74 Å². The zero-order chi connectivity index (χ0) is 15.8. The van der Waals surface area contributed by atoms with Crippen LogP contribution in [0.4, 0.5) is 0 Å². The highest BCUT2D eigenvalue weighted by Gasteiger charge is 1.96. The van der Waals surface area contributed by atoms with E-state index in [1.165, 1.54) is 50.5 Å². The van der Waals surface area contributed by atoms with Crippen LogP contribution in [-0.4, -0.2) is 18.3 Å². The Morgan fingerprint density at radius 3 is 2.05 bits per heavy atom. The quantitative estimate of drug-likeness (QED) is 0.283. The molecule has 0 aliphatic rings. The number of hydrogen-bond donors (Lipinski definition) is 1. The minimum atomic E-state index is 0.0692. The molecule has 122 valence electrons. The number of benzene rings is 1. The summed E-state index contributed by atoms with van der Waals surface area (Å²) in [6.45, 7) is 2.70. The van der Waals surface area contributed by atoms with Gasteiger partial charge in [0.05, 0.1) is 6.61 Å². The molecule has 0 aliphatic carbocycles. The highest BCUT2D eigenvalue weighted by atomic mass is 128. The van der Waals surface area contributed by atoms with E-state index in [9.17, 15) is 0 Å². The first-order valence-electron chi connectivity index (χ1n) is 7.83. The highest BCUT2D eigenvalue weighted by Crippen LogP contribution is 2.15. The van der Waals surface area contributed by atoms with Crippen LogP contribution in [0.15, 0.2) is 24.3 Å². The molecular weight excluding hydrogens is 490 g/mol. The van der Waals surface area contributed by atoms with Crippen molar-refractivity contribution in [2.75, 3.05) is 13.2 Å². The van der Waals surface area contributed by atoms with Gasteiger partial charge in [-0.2, -0.15) is 0 Å². The molecule has 1 rings (SSSR count). The van der Waals surface area contributed by atoms with Crippen molar-refractivity contribution in [1.82, 2.24) is 0 Å². The molecule has 2 nitrogen and oxygen atoms in total. The standard InChI is InChI=1S/C17H28O2.I2/c1-2-3-4-5-6-7-8-9-16-10-12-17(13-11-16)19-15-14-18;1-2/h10-13,18H,2-9,14-15H2,1H3;. The Kier molecular flexibility index (Phi) is 17.2. The lowest BCUT2D eigenvalue weighted by atomic mass is 10.0. The molecule has 0 spiro atoms. The Morgan fingerprint density at radius 2 is 1.48 bits per heavy atom. The number of ether oxygens (including phenoxy) is 1. The van der Waals surface area contributed by atoms with Gasteiger partial charge in [-0.3, -0.25) is 0 Å². The third kappa shape index (κ3) is 12.6. The molecule has 21 heavy (non-hydrogen) atoms. The van der Waals surface area contributed by atoms with Crippen molar-refractivity contribution < 1.29 is 9.84 Å². The second kappa shape index (κ2) is 16.8. The molecule has 0 saturated carbocycles. The topological polar surface area (TPSA) is 29.5 Å². The lowest BCUT2D eigenvalue weighted by molar-refractivity contribution is 0.201. The number of aliphatic hydroxyl groups excluding tert-OH is 1. The van der Waals surface area contributed by atoms with E-state index in [2.05, 4.69) is 56.3 Å². The fourth-order valence-electron chi connectivity index (χ4n) is 2.20. The summed E-state index contributed by atoms with van der Waals surface area (Å²) in [5.74, 6) is 0.845. The van der Waals surface area contributed by atoms with Gasteiger partial charge in [-0.1, -0.05) is 57.6 Å². The molecule has 1 aromatic rings. The van der Waals surface area contributed by atoms with Gasteiger partial charge < -0.3 is 9.84 Å². The minimum absolute atomic E-state index is 0.0692. The summed E-state index contributed by atoms with van der Waals surface area (Å²) >= 11 is 4.24. The lowest BCUT2D eigenvalue weighted by Crippen LogP contribution is -2.01. The third-order valence-electron chi connectivity index (χ3n) is 3.35. The van der Waals surface area contributed by atoms with Gasteiger partial charge in [0.15, 0.2) is 0 Å². The van der Waals surface area contributed by atoms with E-state index < -0.39 is 0 Å². The first-order valence-corrected chi connectivity index (χ1v) is 14.1. The third-order valence-corrected chi connectivity index (χ3v) is 3.35. The largest absolute Gasteiger partial charge is 0.491 e. The molecule has 0 fully saturated rings. The first-order chi connectivity index (χ1) is 10.4. The van der Waals surface area contributed by atoms with Gasteiger partial charge in [0.1, 0.15) is 12.4 Å². The molecular formula is C17H28I2O2. The van der Waals surface area contributed by atoms with E-state index in [0.717, 1.165) is 12.2 Å². The van der Waals surface area contributed by atoms with Gasteiger partial charge in [0, 0.05) is 37.2 Å². The predicted octanol–water partition coefficient (Wildman–Crippen LogP) is 6.12. The highest BCUT2D eigenvalue weighted by molar-refractivity contribution is 15.0. The van der Waals surface area contributed by atoms with E-state index in [1.54, 1.807) is 0 Å². The Balaban J connectivity index is 0.00000191. The average molecular weight is 518 g/mol. The van der Waals surface area contributed by atoms with Crippen molar-refractivity contribution in [3.8, 4) is 5.75 Å². The smallest absolute Gasteiger partial charge is 0.119 e. The Bertz CT molecular complexity index is 315. The molecule has 0 unspecified atom stereocenters. The Hall–Kier alpha value is 0.440. The maximum atomic E-state index is 8.68. The number of aryl methyl sites for hydroxylation is 1. The number of hydrogen-bond acceptors (Lipinski definition) is 2. The molecule has 1 N–H and O–H groups in total. The van der Waals surface area contributed by atoms with Crippen molar-refractivity contribution in [3.05, 3.63) is 29.8 Å². The number of halogens is 2. The summed E-state index contributed by atoms with van der Waals surface area (Å²) in [6.07, 6.45) is 10.6. The number of unbranched alkanes of at least 4 members (excludes halogenated alkanes) is 6. The second-order valence-electron chi connectivity index (χ2n) is 5.09. The molecule has 0 saturated heterocycles. The summed E-state index contributed by atoms with van der Waals surface area (Å²) < 4.78 is 5.34. The van der Waals surface area contributed by atoms with Gasteiger partial charge in [-0.25, -0.2) is 0 Å². The fourth-order valence-corrected chi connectivity index (χ4v) is 2.20. The van der Waals surface area contributed by atoms with E-state index in [-0.39, 0.29) is 6.61 Å². The summed E-state index contributed by atoms with van der Waals surface area (Å²) in [4.78, 5) is 0. The van der Waals surface area contributed by atoms with Crippen molar-refractivity contribution in [1.29, 1.82) is 0 Å². The van der Waals surface area contributed by atoms with Gasteiger partial charge in [-0.15, -0.1) is 0 Å². The van der Waals surface area contributed by atoms with Crippen molar-refractivity contribution in [2.45, 2.75) is 58.3 Å². The number of aliphatic hydroxyl groups is 1. The van der Waals surface area contributed by atoms with Crippen LogP contribution in [0.25, 0.3) is 0 Å². The maximum Gasteiger partial charge on any atom is 0.119 e. The minimum Gasteiger partial charge on any atom is -0.491 e. The summed E-state index contributed by atoms with van der Waals surface area (Å²) in [7, 11) is 0. The number of rotatable bonds is 11. The summed E-state index contributed by atoms with van der Waals surface area (Å²) in [6, 6.07) is 8.24. The second-order valence-corrected chi connectivity index (χ2v) is 5.09. The Morgan fingerprint density at radius 1 is 0.905 bits per heavy atom. The lowest BCUT2D eigenvalue weighted by Gasteiger charge is -2.06. The molecule has 0 aromatic heterocycles. The van der Waals surface area contributed by atoms with Gasteiger partial charge in [-0.05, 0) is 30.5 Å². The summed E-state index contributed by atoms with van der Waals surface area (Å²) in [5.41, 5.74) is 1.38. The van der Waals surface area contributed by atoms with Crippen LogP contribution in [0.1, 0.15) is 57.4 Å². The van der Waals surface area contributed by atoms with Gasteiger partial charge >= 0.3 is 0 Å². The van der Waals surface area contributed by atoms with E-state index in [4.69, 9.17) is 9.84 Å². The first kappa shape index (κ1) is 21.4. The molecule has 4 heteroatoms. The van der Waals surface area contributed by atoms with E-state index in [1.807, 2.05) is 12.1 Å². The van der Waals surface area contributed by atoms with Crippen molar-refractivity contribution in [3.63, 3.8) is 0 Å². The van der Waals surface area contributed by atoms with Crippen LogP contribution in [0.5, 0.6) is 5.75 Å². The van der Waals surface area contributed by atoms with E-state index in [0.29, 0.717) is 6.61 Å². The molecule has 0 atom stereocenters. The maximum absolute atomic E-state index is 8.68. The molecule has 0 bridgehead atoms. The van der Waals surface area contributed by atoms with Crippen LogP contribution >= 0.6 is 37.2 Å². The van der Waals surface area contributed by atoms with Crippen LogP contribution in [-0.2, 0) is 6.42 Å². The van der Waals surface area contributed by atoms with Crippen LogP contribution in [0.3, 0.4) is 0 Å². The van der Waals surface area contributed by atoms with Gasteiger partial charge in [0.2, 0.25) is 0 Å². The van der Waals surface area contributed by atoms with Crippen molar-refractivity contribution >= 4 is 37.2 Å². The predicted molar refractivity (Wildman–Crippen MR) is 109 cm³/mol. The SMILES string of the molecule is CCCCCCCCCc1ccc(OCCO)cc1.II. The summed E-state index contributed by atoms with van der Waals surface area (Å²) in [5, 5.41) is 8.68. The van der Waals surface area contributed by atoms with E-state index >= 15 is 0 Å². The van der Waals surface area contributed by atoms with Crippen LogP contribution in [0, 0.1) is 0 Å². The zero-order valence-electron chi connectivity index (χ0n) is 13.0. The van der Waals surface area contributed by atoms with Crippen molar-refractivity contribution in [2.24, 2.45) is 0 Å². The van der Waals surface area contributed by atoms with Crippen LogP contribution in [0.2, 0.25) is 0 Å². The monoisotopic (exact) mass is 518 g/mol. The Labute approximate surface area is 153 Å². The molecule has 0 amide bonds. The average Bonchev–Trinajstić information content (AvgIpc) is 2.55. The zero-order valence-corrected chi connectivity index (χ0v) is 17.3. The fraction of sp³-hybridized carbons (Fsp3) is 0.647. The molecule has 1 aromatic carbocycles. The van der Waals surface area contributed by atoms with Gasteiger partial charge in [0.25, 0.3) is 0 Å². The molecule has 0 aliphatic heterocycles.